The molecule has 96 valence electrons. The maximum absolute atomic E-state index is 13.9. The van der Waals surface area contributed by atoms with Crippen molar-refractivity contribution < 1.29 is 8.78 Å². The number of halogens is 2. The first kappa shape index (κ1) is 12.8. The Hall–Kier alpha value is -1.67. The van der Waals surface area contributed by atoms with E-state index in [2.05, 4.69) is 5.32 Å². The molecule has 0 radical (unpaired) electrons. The van der Waals surface area contributed by atoms with Crippen LogP contribution >= 0.6 is 0 Å². The number of hydrogen-bond acceptors (Lipinski definition) is 3. The summed E-state index contributed by atoms with van der Waals surface area (Å²) < 4.78 is 27.8. The van der Waals surface area contributed by atoms with Gasteiger partial charge in [-0.2, -0.15) is 5.26 Å². The first-order valence-corrected chi connectivity index (χ1v) is 5.82. The van der Waals surface area contributed by atoms with Gasteiger partial charge in [-0.1, -0.05) is 0 Å². The Morgan fingerprint density at radius 3 is 2.44 bits per heavy atom. The van der Waals surface area contributed by atoms with Crippen LogP contribution in [0, 0.1) is 23.0 Å². The smallest absolute Gasteiger partial charge is 0.150 e. The van der Waals surface area contributed by atoms with Crippen LogP contribution in [0.4, 0.5) is 14.5 Å². The van der Waals surface area contributed by atoms with Gasteiger partial charge in [0.05, 0.1) is 11.6 Å². The standard InChI is InChI=1S/C13H15F2N3/c1-13(2)8-18(4-3-17-13)12-10(14)5-9(7-16)6-11(12)15/h5-6,17H,3-4,8H2,1-2H3. The van der Waals surface area contributed by atoms with Gasteiger partial charge in [-0.15, -0.1) is 0 Å². The second kappa shape index (κ2) is 4.54. The third-order valence-electron chi connectivity index (χ3n) is 3.03. The maximum Gasteiger partial charge on any atom is 0.150 e. The van der Waals surface area contributed by atoms with Gasteiger partial charge in [0, 0.05) is 25.2 Å². The highest BCUT2D eigenvalue weighted by molar-refractivity contribution is 5.53. The lowest BCUT2D eigenvalue weighted by Gasteiger charge is -2.40. The molecule has 0 unspecified atom stereocenters. The van der Waals surface area contributed by atoms with Crippen LogP contribution in [0.15, 0.2) is 12.1 Å². The predicted octanol–water partition coefficient (Wildman–Crippen LogP) is 2.02. The number of rotatable bonds is 1. The van der Waals surface area contributed by atoms with E-state index in [1.165, 1.54) is 0 Å². The van der Waals surface area contributed by atoms with Gasteiger partial charge in [-0.3, -0.25) is 0 Å². The Labute approximate surface area is 105 Å². The molecule has 0 spiro atoms. The lowest BCUT2D eigenvalue weighted by Crippen LogP contribution is -2.57. The molecule has 0 aromatic heterocycles. The molecule has 5 heteroatoms. The predicted molar refractivity (Wildman–Crippen MR) is 65.4 cm³/mol. The average Bonchev–Trinajstić information content (AvgIpc) is 2.26. The van der Waals surface area contributed by atoms with Gasteiger partial charge >= 0.3 is 0 Å². The van der Waals surface area contributed by atoms with E-state index in [-0.39, 0.29) is 16.8 Å². The van der Waals surface area contributed by atoms with Crippen LogP contribution in [-0.2, 0) is 0 Å². The highest BCUT2D eigenvalue weighted by Crippen LogP contribution is 2.27. The molecule has 1 heterocycles. The Kier molecular flexibility index (Phi) is 3.22. The second-order valence-corrected chi connectivity index (χ2v) is 5.13. The molecule has 1 aliphatic heterocycles. The van der Waals surface area contributed by atoms with E-state index in [4.69, 9.17) is 5.26 Å². The van der Waals surface area contributed by atoms with Crippen LogP contribution in [0.3, 0.4) is 0 Å². The Morgan fingerprint density at radius 1 is 1.33 bits per heavy atom. The normalized spacial score (nSPS) is 18.5. The van der Waals surface area contributed by atoms with Gasteiger partial charge in [0.25, 0.3) is 0 Å². The number of benzene rings is 1. The number of nitrogens with one attached hydrogen (secondary N) is 1. The van der Waals surface area contributed by atoms with Gasteiger partial charge in [-0.05, 0) is 26.0 Å². The third-order valence-corrected chi connectivity index (χ3v) is 3.03. The number of anilines is 1. The van der Waals surface area contributed by atoms with Gasteiger partial charge in [0.1, 0.15) is 5.69 Å². The van der Waals surface area contributed by atoms with Crippen molar-refractivity contribution in [3.63, 3.8) is 0 Å². The van der Waals surface area contributed by atoms with E-state index < -0.39 is 11.6 Å². The molecular weight excluding hydrogens is 236 g/mol. The molecule has 0 aliphatic carbocycles. The molecule has 1 aromatic rings. The van der Waals surface area contributed by atoms with Gasteiger partial charge in [-0.25, -0.2) is 8.78 Å². The molecule has 3 nitrogen and oxygen atoms in total. The second-order valence-electron chi connectivity index (χ2n) is 5.13. The number of nitriles is 1. The first-order chi connectivity index (χ1) is 8.43. The molecule has 1 fully saturated rings. The minimum Gasteiger partial charge on any atom is -0.364 e. The van der Waals surface area contributed by atoms with Crippen molar-refractivity contribution in [2.24, 2.45) is 0 Å². The van der Waals surface area contributed by atoms with Crippen LogP contribution in [0.5, 0.6) is 0 Å². The van der Waals surface area contributed by atoms with E-state index in [9.17, 15) is 8.78 Å². The van der Waals surface area contributed by atoms with Crippen molar-refractivity contribution in [2.45, 2.75) is 19.4 Å². The van der Waals surface area contributed by atoms with Crippen molar-refractivity contribution in [2.75, 3.05) is 24.5 Å². The van der Waals surface area contributed by atoms with E-state index in [1.807, 2.05) is 13.8 Å². The quantitative estimate of drug-likeness (QED) is 0.830. The summed E-state index contributed by atoms with van der Waals surface area (Å²) in [4.78, 5) is 1.68. The summed E-state index contributed by atoms with van der Waals surface area (Å²) >= 11 is 0. The van der Waals surface area contributed by atoms with Crippen molar-refractivity contribution in [3.8, 4) is 6.07 Å². The summed E-state index contributed by atoms with van der Waals surface area (Å²) in [7, 11) is 0. The Balaban J connectivity index is 2.37. The van der Waals surface area contributed by atoms with E-state index in [0.29, 0.717) is 19.6 Å². The van der Waals surface area contributed by atoms with Crippen molar-refractivity contribution >= 4 is 5.69 Å². The fourth-order valence-corrected chi connectivity index (χ4v) is 2.26. The molecule has 0 atom stereocenters. The Morgan fingerprint density at radius 2 is 1.94 bits per heavy atom. The summed E-state index contributed by atoms with van der Waals surface area (Å²) in [5.41, 5.74) is -0.225. The zero-order valence-corrected chi connectivity index (χ0v) is 10.4. The van der Waals surface area contributed by atoms with E-state index in [0.717, 1.165) is 12.1 Å². The highest BCUT2D eigenvalue weighted by Gasteiger charge is 2.29. The summed E-state index contributed by atoms with van der Waals surface area (Å²) in [6.45, 7) is 5.71. The molecule has 1 aromatic carbocycles. The Bertz CT molecular complexity index is 482. The SMILES string of the molecule is CC1(C)CN(c2c(F)cc(C#N)cc2F)CCN1. The molecule has 1 aliphatic rings. The van der Waals surface area contributed by atoms with E-state index in [1.54, 1.807) is 11.0 Å². The number of hydrogen-bond donors (Lipinski definition) is 1. The molecule has 1 N–H and O–H groups in total. The molecule has 18 heavy (non-hydrogen) atoms. The third kappa shape index (κ3) is 2.44. The minimum atomic E-state index is -0.677. The van der Waals surface area contributed by atoms with Crippen molar-refractivity contribution in [1.29, 1.82) is 5.26 Å². The largest absolute Gasteiger partial charge is 0.364 e. The number of nitrogens with zero attached hydrogens (tertiary/aromatic N) is 2. The van der Waals surface area contributed by atoms with Crippen LogP contribution in [0.25, 0.3) is 0 Å². The maximum atomic E-state index is 13.9. The highest BCUT2D eigenvalue weighted by atomic mass is 19.1. The van der Waals surface area contributed by atoms with Crippen molar-refractivity contribution in [1.82, 2.24) is 5.32 Å². The lowest BCUT2D eigenvalue weighted by atomic mass is 10.0. The molecule has 0 saturated carbocycles. The number of piperazine rings is 1. The summed E-state index contributed by atoms with van der Waals surface area (Å²) in [6, 6.07) is 3.90. The first-order valence-electron chi connectivity index (χ1n) is 5.82. The minimum absolute atomic E-state index is 0.00291. The van der Waals surface area contributed by atoms with E-state index >= 15 is 0 Å². The summed E-state index contributed by atoms with van der Waals surface area (Å²) in [5.74, 6) is -1.35. The zero-order chi connectivity index (χ0) is 13.3. The van der Waals surface area contributed by atoms with Gasteiger partial charge in [0.2, 0.25) is 0 Å². The molecular formula is C13H15F2N3. The summed E-state index contributed by atoms with van der Waals surface area (Å²) in [6.07, 6.45) is 0. The molecule has 1 saturated heterocycles. The molecule has 0 bridgehead atoms. The lowest BCUT2D eigenvalue weighted by molar-refractivity contribution is 0.349. The van der Waals surface area contributed by atoms with Crippen LogP contribution < -0.4 is 10.2 Å². The monoisotopic (exact) mass is 251 g/mol. The molecule has 0 amide bonds. The fraction of sp³-hybridized carbons (Fsp3) is 0.462. The van der Waals surface area contributed by atoms with Crippen LogP contribution in [-0.4, -0.2) is 25.2 Å². The summed E-state index contributed by atoms with van der Waals surface area (Å²) in [5, 5.41) is 11.9. The average molecular weight is 251 g/mol. The topological polar surface area (TPSA) is 39.1 Å². The fourth-order valence-electron chi connectivity index (χ4n) is 2.26. The molecule has 2 rings (SSSR count). The van der Waals surface area contributed by atoms with Gasteiger partial charge < -0.3 is 10.2 Å². The van der Waals surface area contributed by atoms with Crippen molar-refractivity contribution in [3.05, 3.63) is 29.3 Å². The van der Waals surface area contributed by atoms with Crippen LogP contribution in [0.1, 0.15) is 19.4 Å². The zero-order valence-electron chi connectivity index (χ0n) is 10.4. The van der Waals surface area contributed by atoms with Gasteiger partial charge in [0.15, 0.2) is 11.6 Å². The van der Waals surface area contributed by atoms with Crippen LogP contribution in [0.2, 0.25) is 0 Å².